The fourth-order valence-electron chi connectivity index (χ4n) is 4.48. The second-order valence-electron chi connectivity index (χ2n) is 8.54. The van der Waals surface area contributed by atoms with Crippen molar-refractivity contribution in [2.24, 2.45) is 0 Å². The van der Waals surface area contributed by atoms with Gasteiger partial charge >= 0.3 is 0 Å². The molecule has 3 N–H and O–H groups in total. The Hall–Kier alpha value is -3.97. The highest BCUT2D eigenvalue weighted by Gasteiger charge is 2.28. The van der Waals surface area contributed by atoms with Gasteiger partial charge in [0.2, 0.25) is 5.91 Å². The van der Waals surface area contributed by atoms with Crippen LogP contribution in [0.1, 0.15) is 28.8 Å². The molecule has 7 heteroatoms. The molecule has 0 spiro atoms. The summed E-state index contributed by atoms with van der Waals surface area (Å²) in [7, 11) is 0. The Balaban J connectivity index is 1.46. The number of piperidine rings is 1. The monoisotopic (exact) mass is 453 g/mol. The minimum atomic E-state index is -0.138. The van der Waals surface area contributed by atoms with Crippen LogP contribution in [0.15, 0.2) is 78.9 Å². The van der Waals surface area contributed by atoms with Crippen LogP contribution in [0.2, 0.25) is 0 Å². The fourth-order valence-corrected chi connectivity index (χ4v) is 4.48. The number of aromatic amines is 1. The average molecular weight is 454 g/mol. The average Bonchev–Trinajstić information content (AvgIpc) is 3.28. The van der Waals surface area contributed by atoms with E-state index < -0.39 is 0 Å². The molecule has 3 aromatic carbocycles. The highest BCUT2D eigenvalue weighted by atomic mass is 16.2. The van der Waals surface area contributed by atoms with Crippen LogP contribution in [0.4, 0.5) is 11.5 Å². The molecule has 4 aromatic rings. The van der Waals surface area contributed by atoms with Crippen molar-refractivity contribution in [3.05, 3.63) is 90.0 Å². The number of carbonyl (C=O) groups excluding carboxylic acids is 2. The normalized spacial score (nSPS) is 14.1. The van der Waals surface area contributed by atoms with Crippen LogP contribution >= 0.6 is 0 Å². The van der Waals surface area contributed by atoms with Crippen molar-refractivity contribution >= 4 is 34.2 Å². The first-order valence-electron chi connectivity index (χ1n) is 11.6. The standard InChI is InChI=1S/C27H27N5O2/c33-25(17-19-7-3-1-4-8-19)29-26-23-18-22(11-12-24(23)30-31-26)32(21-13-15-28-16-14-21)27(34)20-9-5-2-6-10-20/h1-12,18,21,28H,13-17H2,(H2,29,30,31,33). The van der Waals surface area contributed by atoms with Crippen LogP contribution in [0.25, 0.3) is 10.9 Å². The molecule has 0 aliphatic carbocycles. The molecule has 1 aliphatic rings. The van der Waals surface area contributed by atoms with E-state index in [1.165, 1.54) is 0 Å². The van der Waals surface area contributed by atoms with Gasteiger partial charge in [-0.2, -0.15) is 5.10 Å². The van der Waals surface area contributed by atoms with Crippen molar-refractivity contribution < 1.29 is 9.59 Å². The molecular weight excluding hydrogens is 426 g/mol. The van der Waals surface area contributed by atoms with Crippen molar-refractivity contribution in [1.29, 1.82) is 0 Å². The van der Waals surface area contributed by atoms with Crippen LogP contribution in [0, 0.1) is 0 Å². The molecular formula is C27H27N5O2. The van der Waals surface area contributed by atoms with E-state index in [-0.39, 0.29) is 24.3 Å². The Morgan fingerprint density at radius 3 is 2.38 bits per heavy atom. The van der Waals surface area contributed by atoms with E-state index in [0.29, 0.717) is 11.4 Å². The Kier molecular flexibility index (Phi) is 6.35. The molecule has 0 atom stereocenters. The minimum absolute atomic E-state index is 0.0231. The van der Waals surface area contributed by atoms with Gasteiger partial charge < -0.3 is 15.5 Å². The predicted molar refractivity (Wildman–Crippen MR) is 134 cm³/mol. The molecule has 34 heavy (non-hydrogen) atoms. The summed E-state index contributed by atoms with van der Waals surface area (Å²) in [6.45, 7) is 1.75. The van der Waals surface area contributed by atoms with E-state index in [1.54, 1.807) is 0 Å². The number of fused-ring (bicyclic) bond motifs is 1. The largest absolute Gasteiger partial charge is 0.317 e. The van der Waals surface area contributed by atoms with Crippen LogP contribution in [0.3, 0.4) is 0 Å². The summed E-state index contributed by atoms with van der Waals surface area (Å²) in [5, 5.41) is 14.4. The molecule has 0 saturated carbocycles. The summed E-state index contributed by atoms with van der Waals surface area (Å²) >= 11 is 0. The van der Waals surface area contributed by atoms with Crippen LogP contribution in [-0.4, -0.2) is 41.1 Å². The molecule has 2 amide bonds. The van der Waals surface area contributed by atoms with E-state index in [4.69, 9.17) is 0 Å². The number of anilines is 2. The van der Waals surface area contributed by atoms with Gasteiger partial charge in [0.05, 0.1) is 11.9 Å². The van der Waals surface area contributed by atoms with Gasteiger partial charge in [0, 0.05) is 22.7 Å². The van der Waals surface area contributed by atoms with Crippen molar-refractivity contribution in [2.75, 3.05) is 23.3 Å². The third-order valence-corrected chi connectivity index (χ3v) is 6.20. The molecule has 2 heterocycles. The lowest BCUT2D eigenvalue weighted by Crippen LogP contribution is -2.46. The molecule has 5 rings (SSSR count). The summed E-state index contributed by atoms with van der Waals surface area (Å²) in [6.07, 6.45) is 2.02. The number of H-pyrrole nitrogens is 1. The zero-order chi connectivity index (χ0) is 23.3. The molecule has 1 fully saturated rings. The van der Waals surface area contributed by atoms with E-state index in [2.05, 4.69) is 20.8 Å². The van der Waals surface area contributed by atoms with Gasteiger partial charge in [-0.25, -0.2) is 0 Å². The molecule has 7 nitrogen and oxygen atoms in total. The van der Waals surface area contributed by atoms with Gasteiger partial charge in [-0.15, -0.1) is 0 Å². The molecule has 0 bridgehead atoms. The number of nitrogens with one attached hydrogen (secondary N) is 3. The number of aromatic nitrogens is 2. The van der Waals surface area contributed by atoms with E-state index in [1.807, 2.05) is 83.8 Å². The lowest BCUT2D eigenvalue weighted by Gasteiger charge is -2.35. The summed E-state index contributed by atoms with van der Waals surface area (Å²) in [5.41, 5.74) is 3.19. The van der Waals surface area contributed by atoms with Crippen molar-refractivity contribution in [2.45, 2.75) is 25.3 Å². The molecule has 0 radical (unpaired) electrons. The maximum absolute atomic E-state index is 13.6. The van der Waals surface area contributed by atoms with E-state index in [0.717, 1.165) is 48.1 Å². The van der Waals surface area contributed by atoms with Crippen LogP contribution in [0.5, 0.6) is 0 Å². The van der Waals surface area contributed by atoms with Gasteiger partial charge in [-0.1, -0.05) is 48.5 Å². The summed E-state index contributed by atoms with van der Waals surface area (Å²) in [4.78, 5) is 28.1. The number of rotatable bonds is 6. The zero-order valence-corrected chi connectivity index (χ0v) is 18.8. The first kappa shape index (κ1) is 21.9. The third-order valence-electron chi connectivity index (χ3n) is 6.20. The quantitative estimate of drug-likeness (QED) is 0.409. The lowest BCUT2D eigenvalue weighted by molar-refractivity contribution is -0.115. The van der Waals surface area contributed by atoms with Crippen LogP contribution < -0.4 is 15.5 Å². The summed E-state index contributed by atoms with van der Waals surface area (Å²) < 4.78 is 0. The Morgan fingerprint density at radius 1 is 0.941 bits per heavy atom. The molecule has 1 saturated heterocycles. The SMILES string of the molecule is O=C(Cc1ccccc1)Nc1n[nH]c2ccc(N(C(=O)c3ccccc3)C3CCNCC3)cc12. The molecule has 0 unspecified atom stereocenters. The van der Waals surface area contributed by atoms with E-state index >= 15 is 0 Å². The second-order valence-corrected chi connectivity index (χ2v) is 8.54. The minimum Gasteiger partial charge on any atom is -0.317 e. The maximum Gasteiger partial charge on any atom is 0.258 e. The first-order valence-corrected chi connectivity index (χ1v) is 11.6. The van der Waals surface area contributed by atoms with Crippen molar-refractivity contribution in [1.82, 2.24) is 15.5 Å². The molecule has 1 aliphatic heterocycles. The topological polar surface area (TPSA) is 90.1 Å². The number of hydrogen-bond acceptors (Lipinski definition) is 4. The smallest absolute Gasteiger partial charge is 0.258 e. The number of amides is 2. The van der Waals surface area contributed by atoms with Gasteiger partial charge in [-0.05, 0) is 61.8 Å². The number of hydrogen-bond donors (Lipinski definition) is 3. The number of nitrogens with zero attached hydrogens (tertiary/aromatic N) is 2. The third kappa shape index (κ3) is 4.70. The number of carbonyl (C=O) groups is 2. The first-order chi connectivity index (χ1) is 16.7. The lowest BCUT2D eigenvalue weighted by atomic mass is 10.0. The maximum atomic E-state index is 13.6. The van der Waals surface area contributed by atoms with Crippen molar-refractivity contribution in [3.63, 3.8) is 0 Å². The molecule has 172 valence electrons. The molecule has 1 aromatic heterocycles. The fraction of sp³-hybridized carbons (Fsp3) is 0.222. The Labute approximate surface area is 198 Å². The van der Waals surface area contributed by atoms with Gasteiger partial charge in [-0.3, -0.25) is 14.7 Å². The highest BCUT2D eigenvalue weighted by molar-refractivity contribution is 6.08. The van der Waals surface area contributed by atoms with Gasteiger partial charge in [0.15, 0.2) is 5.82 Å². The highest BCUT2D eigenvalue weighted by Crippen LogP contribution is 2.30. The van der Waals surface area contributed by atoms with Crippen LogP contribution in [-0.2, 0) is 11.2 Å². The van der Waals surface area contributed by atoms with Crippen molar-refractivity contribution in [3.8, 4) is 0 Å². The Bertz CT molecular complexity index is 1280. The summed E-state index contributed by atoms with van der Waals surface area (Å²) in [5.74, 6) is 0.306. The second kappa shape index (κ2) is 9.89. The number of benzene rings is 3. The van der Waals surface area contributed by atoms with Gasteiger partial charge in [0.25, 0.3) is 5.91 Å². The zero-order valence-electron chi connectivity index (χ0n) is 18.8. The van der Waals surface area contributed by atoms with Gasteiger partial charge in [0.1, 0.15) is 0 Å². The van der Waals surface area contributed by atoms with E-state index in [9.17, 15) is 9.59 Å². The Morgan fingerprint density at radius 2 is 1.65 bits per heavy atom. The summed E-state index contributed by atoms with van der Waals surface area (Å²) in [6, 6.07) is 24.9. The predicted octanol–water partition coefficient (Wildman–Crippen LogP) is 4.14.